The van der Waals surface area contributed by atoms with Crippen LogP contribution in [0.4, 0.5) is 5.69 Å². The maximum absolute atomic E-state index is 6.09. The average Bonchev–Trinajstić information content (AvgIpc) is 2.33. The summed E-state index contributed by atoms with van der Waals surface area (Å²) in [5.41, 5.74) is 0.966. The number of hydrogen-bond donors (Lipinski definition) is 1. The molecule has 1 aromatic rings. The monoisotopic (exact) mass is 272 g/mol. The maximum atomic E-state index is 6.09. The average molecular weight is 273 g/mol. The Labute approximate surface area is 113 Å². The lowest BCUT2D eigenvalue weighted by Crippen LogP contribution is -2.33. The number of hydrogen-bond acceptors (Lipinski definition) is 2. The predicted molar refractivity (Wildman–Crippen MR) is 75.2 cm³/mol. The van der Waals surface area contributed by atoms with Gasteiger partial charge in [-0.3, -0.25) is 0 Å². The van der Waals surface area contributed by atoms with Crippen LogP contribution >= 0.6 is 23.2 Å². The van der Waals surface area contributed by atoms with Gasteiger partial charge in [0.15, 0.2) is 0 Å². The zero-order valence-electron chi connectivity index (χ0n) is 9.88. The predicted octanol–water partition coefficient (Wildman–Crippen LogP) is 3.89. The summed E-state index contributed by atoms with van der Waals surface area (Å²) < 4.78 is 0. The van der Waals surface area contributed by atoms with Gasteiger partial charge in [-0.1, -0.05) is 29.6 Å². The summed E-state index contributed by atoms with van der Waals surface area (Å²) in [7, 11) is 0. The number of nitrogens with zero attached hydrogens (tertiary/aromatic N) is 1. The van der Waals surface area contributed by atoms with Gasteiger partial charge in [-0.15, -0.1) is 0 Å². The summed E-state index contributed by atoms with van der Waals surface area (Å²) in [5, 5.41) is 4.72. The number of rotatable bonds is 4. The Bertz CT molecular complexity index is 362. The van der Waals surface area contributed by atoms with Crippen molar-refractivity contribution in [2.75, 3.05) is 31.5 Å². The first kappa shape index (κ1) is 13.0. The van der Waals surface area contributed by atoms with Gasteiger partial charge in [0.2, 0.25) is 0 Å². The van der Waals surface area contributed by atoms with Crippen LogP contribution in [-0.4, -0.2) is 31.1 Å². The van der Waals surface area contributed by atoms with E-state index in [1.54, 1.807) is 6.07 Å². The van der Waals surface area contributed by atoms with Gasteiger partial charge in [0.05, 0.1) is 10.7 Å². The first-order valence-corrected chi connectivity index (χ1v) is 6.92. The third-order valence-corrected chi connectivity index (χ3v) is 3.67. The van der Waals surface area contributed by atoms with Crippen LogP contribution in [0.2, 0.25) is 10.0 Å². The van der Waals surface area contributed by atoms with Crippen LogP contribution in [-0.2, 0) is 0 Å². The van der Waals surface area contributed by atoms with E-state index in [2.05, 4.69) is 10.2 Å². The van der Waals surface area contributed by atoms with E-state index in [0.717, 1.165) is 18.8 Å². The Kier molecular flexibility index (Phi) is 4.96. The van der Waals surface area contributed by atoms with Crippen LogP contribution in [0.1, 0.15) is 19.3 Å². The third-order valence-electron chi connectivity index (χ3n) is 3.12. The van der Waals surface area contributed by atoms with Crippen molar-refractivity contribution in [3.63, 3.8) is 0 Å². The summed E-state index contributed by atoms with van der Waals surface area (Å²) in [5.74, 6) is 0. The van der Waals surface area contributed by atoms with Crippen molar-refractivity contribution in [3.8, 4) is 0 Å². The summed E-state index contributed by atoms with van der Waals surface area (Å²) >= 11 is 11.9. The number of piperidine rings is 1. The molecule has 0 atom stereocenters. The number of halogens is 2. The summed E-state index contributed by atoms with van der Waals surface area (Å²) in [6.07, 6.45) is 4.05. The standard InChI is InChI=1S/C13H18Cl2N2/c14-11-4-5-13(12(15)10-11)16-6-9-17-7-2-1-3-8-17/h4-5,10,16H,1-3,6-9H2. The smallest absolute Gasteiger partial charge is 0.0652 e. The first-order chi connectivity index (χ1) is 8.25. The molecule has 17 heavy (non-hydrogen) atoms. The van der Waals surface area contributed by atoms with Gasteiger partial charge in [0.25, 0.3) is 0 Å². The minimum absolute atomic E-state index is 0.677. The summed E-state index contributed by atoms with van der Waals surface area (Å²) in [4.78, 5) is 2.50. The van der Waals surface area contributed by atoms with Gasteiger partial charge in [-0.25, -0.2) is 0 Å². The van der Waals surface area contributed by atoms with Crippen LogP contribution in [0, 0.1) is 0 Å². The summed E-state index contributed by atoms with van der Waals surface area (Å²) in [6, 6.07) is 5.56. The minimum Gasteiger partial charge on any atom is -0.383 e. The fraction of sp³-hybridized carbons (Fsp3) is 0.538. The Balaban J connectivity index is 1.77. The molecule has 1 N–H and O–H groups in total. The Morgan fingerprint density at radius 1 is 1.12 bits per heavy atom. The van der Waals surface area contributed by atoms with E-state index in [1.807, 2.05) is 12.1 Å². The maximum Gasteiger partial charge on any atom is 0.0652 e. The third kappa shape index (κ3) is 4.06. The molecule has 1 saturated heterocycles. The zero-order valence-corrected chi connectivity index (χ0v) is 11.4. The molecule has 1 aliphatic rings. The van der Waals surface area contributed by atoms with Crippen molar-refractivity contribution in [2.45, 2.75) is 19.3 Å². The van der Waals surface area contributed by atoms with E-state index >= 15 is 0 Å². The highest BCUT2D eigenvalue weighted by Gasteiger charge is 2.09. The number of likely N-dealkylation sites (tertiary alicyclic amines) is 1. The highest BCUT2D eigenvalue weighted by molar-refractivity contribution is 6.36. The van der Waals surface area contributed by atoms with Gasteiger partial charge >= 0.3 is 0 Å². The molecule has 2 rings (SSSR count). The van der Waals surface area contributed by atoms with Crippen molar-refractivity contribution in [2.24, 2.45) is 0 Å². The molecule has 2 nitrogen and oxygen atoms in total. The lowest BCUT2D eigenvalue weighted by atomic mass is 10.1. The van der Waals surface area contributed by atoms with Gasteiger partial charge < -0.3 is 10.2 Å². The van der Waals surface area contributed by atoms with Gasteiger partial charge in [-0.2, -0.15) is 0 Å². The fourth-order valence-corrected chi connectivity index (χ4v) is 2.64. The second kappa shape index (κ2) is 6.48. The summed E-state index contributed by atoms with van der Waals surface area (Å²) in [6.45, 7) is 4.48. The lowest BCUT2D eigenvalue weighted by molar-refractivity contribution is 0.237. The van der Waals surface area contributed by atoms with E-state index in [4.69, 9.17) is 23.2 Å². The molecule has 1 aliphatic heterocycles. The van der Waals surface area contributed by atoms with Crippen LogP contribution < -0.4 is 5.32 Å². The van der Waals surface area contributed by atoms with Gasteiger partial charge in [0, 0.05) is 18.1 Å². The second-order valence-electron chi connectivity index (χ2n) is 4.45. The van der Waals surface area contributed by atoms with Crippen molar-refractivity contribution in [3.05, 3.63) is 28.2 Å². The molecule has 0 bridgehead atoms. The van der Waals surface area contributed by atoms with E-state index in [0.29, 0.717) is 10.0 Å². The molecule has 1 fully saturated rings. The van der Waals surface area contributed by atoms with E-state index in [9.17, 15) is 0 Å². The van der Waals surface area contributed by atoms with Crippen LogP contribution in [0.25, 0.3) is 0 Å². The van der Waals surface area contributed by atoms with Crippen LogP contribution in [0.15, 0.2) is 18.2 Å². The van der Waals surface area contributed by atoms with Gasteiger partial charge in [-0.05, 0) is 44.1 Å². The first-order valence-electron chi connectivity index (χ1n) is 6.17. The molecule has 0 radical (unpaired) electrons. The molecule has 1 aromatic carbocycles. The van der Waals surface area contributed by atoms with E-state index in [1.165, 1.54) is 32.4 Å². The normalized spacial score (nSPS) is 17.1. The Hall–Kier alpha value is -0.440. The highest BCUT2D eigenvalue weighted by atomic mass is 35.5. The molecule has 0 amide bonds. The van der Waals surface area contributed by atoms with Crippen molar-refractivity contribution in [1.29, 1.82) is 0 Å². The quantitative estimate of drug-likeness (QED) is 0.895. The molecule has 94 valence electrons. The molecule has 0 spiro atoms. The number of benzene rings is 1. The van der Waals surface area contributed by atoms with E-state index < -0.39 is 0 Å². The second-order valence-corrected chi connectivity index (χ2v) is 5.30. The topological polar surface area (TPSA) is 15.3 Å². The number of nitrogens with one attached hydrogen (secondary N) is 1. The molecule has 0 unspecified atom stereocenters. The van der Waals surface area contributed by atoms with Crippen molar-refractivity contribution >= 4 is 28.9 Å². The molecular weight excluding hydrogens is 255 g/mol. The van der Waals surface area contributed by atoms with Crippen LogP contribution in [0.5, 0.6) is 0 Å². The SMILES string of the molecule is Clc1ccc(NCCN2CCCCC2)c(Cl)c1. The molecule has 1 heterocycles. The molecular formula is C13H18Cl2N2. The molecule has 0 aliphatic carbocycles. The van der Waals surface area contributed by atoms with E-state index in [-0.39, 0.29) is 0 Å². The van der Waals surface area contributed by atoms with Crippen LogP contribution in [0.3, 0.4) is 0 Å². The molecule has 0 saturated carbocycles. The van der Waals surface area contributed by atoms with Crippen molar-refractivity contribution < 1.29 is 0 Å². The Morgan fingerprint density at radius 3 is 2.59 bits per heavy atom. The fourth-order valence-electron chi connectivity index (χ4n) is 2.16. The molecule has 0 aromatic heterocycles. The lowest BCUT2D eigenvalue weighted by Gasteiger charge is -2.26. The zero-order chi connectivity index (χ0) is 12.1. The minimum atomic E-state index is 0.677. The van der Waals surface area contributed by atoms with Crippen molar-refractivity contribution in [1.82, 2.24) is 4.90 Å². The largest absolute Gasteiger partial charge is 0.383 e. The highest BCUT2D eigenvalue weighted by Crippen LogP contribution is 2.25. The molecule has 4 heteroatoms. The number of anilines is 1. The van der Waals surface area contributed by atoms with Gasteiger partial charge in [0.1, 0.15) is 0 Å². The Morgan fingerprint density at radius 2 is 1.88 bits per heavy atom.